The van der Waals surface area contributed by atoms with Crippen LogP contribution in [0.5, 0.6) is 0 Å². The van der Waals surface area contributed by atoms with Gasteiger partial charge in [0.2, 0.25) is 0 Å². The Bertz CT molecular complexity index is 847. The fourth-order valence-corrected chi connectivity index (χ4v) is 2.51. The highest BCUT2D eigenvalue weighted by Gasteiger charge is 2.13. The molecule has 2 aromatic carbocycles. The Balaban J connectivity index is 1.72. The fourth-order valence-electron chi connectivity index (χ4n) is 2.01. The first kappa shape index (κ1) is 21.3. The number of anilines is 1. The van der Waals surface area contributed by atoms with Gasteiger partial charge >= 0.3 is 5.97 Å². The second-order valence-electron chi connectivity index (χ2n) is 5.27. The number of rotatable bonds is 8. The van der Waals surface area contributed by atoms with E-state index in [9.17, 15) is 27.6 Å². The van der Waals surface area contributed by atoms with Crippen LogP contribution in [-0.2, 0) is 14.3 Å². The molecule has 6 nitrogen and oxygen atoms in total. The summed E-state index contributed by atoms with van der Waals surface area (Å²) in [6.07, 6.45) is 0. The summed E-state index contributed by atoms with van der Waals surface area (Å²) in [5, 5.41) is 4.61. The molecule has 0 spiro atoms. The molecule has 0 saturated heterocycles. The molecule has 10 heteroatoms. The molecule has 2 rings (SSSR count). The lowest BCUT2D eigenvalue weighted by molar-refractivity contribution is -0.146. The van der Waals surface area contributed by atoms with Crippen molar-refractivity contribution in [2.45, 2.75) is 10.7 Å². The molecule has 0 aromatic heterocycles. The Hall–Kier alpha value is -3.01. The van der Waals surface area contributed by atoms with Crippen molar-refractivity contribution >= 4 is 35.2 Å². The predicted octanol–water partition coefficient (Wildman–Crippen LogP) is 3.05. The number of hydrogen-bond acceptors (Lipinski definition) is 5. The van der Waals surface area contributed by atoms with Crippen molar-refractivity contribution in [2.75, 3.05) is 18.5 Å². The van der Waals surface area contributed by atoms with Gasteiger partial charge in [-0.1, -0.05) is 23.9 Å². The Morgan fingerprint density at radius 2 is 1.71 bits per heavy atom. The third-order valence-corrected chi connectivity index (χ3v) is 3.96. The average molecular weight is 412 g/mol. The standard InChI is InChI=1S/C18H15F3N2O4S/c19-14-4-2-1-3-13(14)17(26)22-9-16(25)27-10-15(24)23-11-5-7-12(8-6-11)28-18(20)21/h1-8,18H,9-10H2,(H,22,26)(H,23,24). The lowest BCUT2D eigenvalue weighted by Gasteiger charge is -2.08. The Morgan fingerprint density at radius 3 is 2.36 bits per heavy atom. The topological polar surface area (TPSA) is 84.5 Å². The third kappa shape index (κ3) is 6.95. The smallest absolute Gasteiger partial charge is 0.325 e. The normalized spacial score (nSPS) is 10.4. The highest BCUT2D eigenvalue weighted by atomic mass is 32.2. The van der Waals surface area contributed by atoms with Gasteiger partial charge in [0.25, 0.3) is 17.6 Å². The largest absolute Gasteiger partial charge is 0.454 e. The van der Waals surface area contributed by atoms with Crippen LogP contribution in [-0.4, -0.2) is 36.7 Å². The molecular weight excluding hydrogens is 397 g/mol. The molecule has 0 heterocycles. The zero-order chi connectivity index (χ0) is 20.5. The summed E-state index contributed by atoms with van der Waals surface area (Å²) >= 11 is 0.374. The van der Waals surface area contributed by atoms with Gasteiger partial charge in [0, 0.05) is 10.6 Å². The van der Waals surface area contributed by atoms with Crippen LogP contribution in [0.4, 0.5) is 18.9 Å². The van der Waals surface area contributed by atoms with Crippen LogP contribution in [0.3, 0.4) is 0 Å². The van der Waals surface area contributed by atoms with Gasteiger partial charge in [-0.3, -0.25) is 14.4 Å². The maximum atomic E-state index is 13.4. The summed E-state index contributed by atoms with van der Waals surface area (Å²) < 4.78 is 42.6. The number of carbonyl (C=O) groups excluding carboxylic acids is 3. The summed E-state index contributed by atoms with van der Waals surface area (Å²) in [6.45, 7) is -1.15. The first-order valence-electron chi connectivity index (χ1n) is 7.88. The molecule has 2 N–H and O–H groups in total. The van der Waals surface area contributed by atoms with Crippen LogP contribution >= 0.6 is 11.8 Å². The van der Waals surface area contributed by atoms with E-state index in [1.807, 2.05) is 0 Å². The molecular formula is C18H15F3N2O4S. The van der Waals surface area contributed by atoms with Gasteiger partial charge in [0.15, 0.2) is 6.61 Å². The average Bonchev–Trinajstić information content (AvgIpc) is 2.66. The Labute approximate surface area is 162 Å². The van der Waals surface area contributed by atoms with E-state index in [2.05, 4.69) is 10.6 Å². The zero-order valence-electron chi connectivity index (χ0n) is 14.3. The van der Waals surface area contributed by atoms with Crippen LogP contribution in [0, 0.1) is 5.82 Å². The predicted molar refractivity (Wildman–Crippen MR) is 96.6 cm³/mol. The third-order valence-electron chi connectivity index (χ3n) is 3.24. The Kier molecular flexibility index (Phi) is 7.88. The summed E-state index contributed by atoms with van der Waals surface area (Å²) in [7, 11) is 0. The van der Waals surface area contributed by atoms with Gasteiger partial charge in [-0.25, -0.2) is 4.39 Å². The van der Waals surface area contributed by atoms with E-state index in [4.69, 9.17) is 4.74 Å². The van der Waals surface area contributed by atoms with E-state index >= 15 is 0 Å². The molecule has 0 unspecified atom stereocenters. The van der Waals surface area contributed by atoms with Crippen molar-refractivity contribution in [3.63, 3.8) is 0 Å². The number of amides is 2. The molecule has 0 bridgehead atoms. The maximum Gasteiger partial charge on any atom is 0.325 e. The molecule has 148 valence electrons. The van der Waals surface area contributed by atoms with Crippen molar-refractivity contribution < 1.29 is 32.3 Å². The fraction of sp³-hybridized carbons (Fsp3) is 0.167. The first-order chi connectivity index (χ1) is 13.3. The number of esters is 1. The first-order valence-corrected chi connectivity index (χ1v) is 8.76. The van der Waals surface area contributed by atoms with Crippen molar-refractivity contribution in [1.82, 2.24) is 5.32 Å². The molecule has 0 fully saturated rings. The molecule has 2 amide bonds. The lowest BCUT2D eigenvalue weighted by Crippen LogP contribution is -2.32. The monoisotopic (exact) mass is 412 g/mol. The van der Waals surface area contributed by atoms with Crippen LogP contribution in [0.2, 0.25) is 0 Å². The second-order valence-corrected chi connectivity index (χ2v) is 6.34. The minimum atomic E-state index is -2.54. The summed E-state index contributed by atoms with van der Waals surface area (Å²) in [5.74, 6) is -5.60. The minimum Gasteiger partial charge on any atom is -0.454 e. The van der Waals surface area contributed by atoms with Gasteiger partial charge in [-0.2, -0.15) is 8.78 Å². The van der Waals surface area contributed by atoms with E-state index in [0.29, 0.717) is 22.3 Å². The van der Waals surface area contributed by atoms with Crippen LogP contribution in [0.15, 0.2) is 53.4 Å². The summed E-state index contributed by atoms with van der Waals surface area (Å²) in [5.41, 5.74) is 0.119. The van der Waals surface area contributed by atoms with Crippen molar-refractivity contribution in [1.29, 1.82) is 0 Å². The van der Waals surface area contributed by atoms with Crippen LogP contribution in [0.25, 0.3) is 0 Å². The van der Waals surface area contributed by atoms with E-state index in [0.717, 1.165) is 6.07 Å². The number of carbonyl (C=O) groups is 3. The minimum absolute atomic E-state index is 0.221. The molecule has 28 heavy (non-hydrogen) atoms. The summed E-state index contributed by atoms with van der Waals surface area (Å²) in [4.78, 5) is 35.4. The van der Waals surface area contributed by atoms with Gasteiger partial charge in [-0.15, -0.1) is 0 Å². The second kappa shape index (κ2) is 10.4. The Morgan fingerprint density at radius 1 is 1.04 bits per heavy atom. The highest BCUT2D eigenvalue weighted by Crippen LogP contribution is 2.26. The van der Waals surface area contributed by atoms with Crippen molar-refractivity contribution in [3.8, 4) is 0 Å². The SMILES string of the molecule is O=C(COC(=O)CNC(=O)c1ccccc1F)Nc1ccc(SC(F)F)cc1. The zero-order valence-corrected chi connectivity index (χ0v) is 15.1. The number of hydrogen-bond donors (Lipinski definition) is 2. The number of alkyl halides is 2. The van der Waals surface area contributed by atoms with Gasteiger partial charge in [0.1, 0.15) is 12.4 Å². The quantitative estimate of drug-likeness (QED) is 0.514. The van der Waals surface area contributed by atoms with Crippen molar-refractivity contribution in [2.24, 2.45) is 0 Å². The molecule has 0 aliphatic carbocycles. The molecule has 0 saturated carbocycles. The van der Waals surface area contributed by atoms with E-state index in [1.165, 1.54) is 42.5 Å². The van der Waals surface area contributed by atoms with Crippen LogP contribution < -0.4 is 10.6 Å². The molecule has 0 atom stereocenters. The molecule has 0 aliphatic rings. The number of thioether (sulfide) groups is 1. The van der Waals surface area contributed by atoms with E-state index in [-0.39, 0.29) is 5.56 Å². The van der Waals surface area contributed by atoms with E-state index in [1.54, 1.807) is 0 Å². The van der Waals surface area contributed by atoms with Crippen LogP contribution in [0.1, 0.15) is 10.4 Å². The molecule has 2 aromatic rings. The number of benzene rings is 2. The number of ether oxygens (including phenoxy) is 1. The van der Waals surface area contributed by atoms with Gasteiger partial charge in [-0.05, 0) is 36.4 Å². The van der Waals surface area contributed by atoms with E-state index < -0.39 is 42.5 Å². The van der Waals surface area contributed by atoms with Gasteiger partial charge < -0.3 is 15.4 Å². The number of halogens is 3. The maximum absolute atomic E-state index is 13.4. The lowest BCUT2D eigenvalue weighted by atomic mass is 10.2. The molecule has 0 radical (unpaired) electrons. The highest BCUT2D eigenvalue weighted by molar-refractivity contribution is 7.99. The van der Waals surface area contributed by atoms with Crippen molar-refractivity contribution in [3.05, 3.63) is 59.9 Å². The number of nitrogens with one attached hydrogen (secondary N) is 2. The summed E-state index contributed by atoms with van der Waals surface area (Å²) in [6, 6.07) is 10.9. The van der Waals surface area contributed by atoms with Gasteiger partial charge in [0.05, 0.1) is 5.56 Å². The molecule has 0 aliphatic heterocycles.